The second-order valence-electron chi connectivity index (χ2n) is 8.60. The van der Waals surface area contributed by atoms with E-state index in [1.165, 1.54) is 29.2 Å². The molecule has 3 amide bonds. The molecule has 198 valence electrons. The Balaban J connectivity index is 1.47. The molecule has 0 aliphatic heterocycles. The molecule has 9 nitrogen and oxygen atoms in total. The minimum atomic E-state index is -0.505. The van der Waals surface area contributed by atoms with E-state index in [9.17, 15) is 19.7 Å². The van der Waals surface area contributed by atoms with Crippen LogP contribution in [0.1, 0.15) is 22.8 Å². The number of rotatable bonds is 10. The number of nitro groups is 1. The molecule has 0 aliphatic rings. The third-order valence-corrected chi connectivity index (χ3v) is 5.95. The van der Waals surface area contributed by atoms with Crippen molar-refractivity contribution in [2.24, 2.45) is 0 Å². The van der Waals surface area contributed by atoms with Gasteiger partial charge in [0.25, 0.3) is 11.6 Å². The number of urea groups is 1. The van der Waals surface area contributed by atoms with Crippen LogP contribution in [-0.2, 0) is 6.42 Å². The number of para-hydroxylation sites is 1. The first-order chi connectivity index (χ1) is 18.9. The van der Waals surface area contributed by atoms with Crippen molar-refractivity contribution in [3.63, 3.8) is 0 Å². The SMILES string of the molecule is CCc1ccc(C(=O)NCCN(C(=O)Nc2ccc([N+](=O)[O-])cc2)c2ccc(Oc3ccccc3)cc2)cc1. The van der Waals surface area contributed by atoms with Crippen LogP contribution in [0.4, 0.5) is 21.9 Å². The van der Waals surface area contributed by atoms with E-state index in [0.717, 1.165) is 12.0 Å². The highest BCUT2D eigenvalue weighted by atomic mass is 16.6. The van der Waals surface area contributed by atoms with Crippen molar-refractivity contribution in [3.8, 4) is 11.5 Å². The topological polar surface area (TPSA) is 114 Å². The normalized spacial score (nSPS) is 10.4. The average molecular weight is 525 g/mol. The molecule has 0 aromatic heterocycles. The molecule has 4 aromatic rings. The molecule has 39 heavy (non-hydrogen) atoms. The highest BCUT2D eigenvalue weighted by Gasteiger charge is 2.17. The van der Waals surface area contributed by atoms with Crippen molar-refractivity contribution < 1.29 is 19.2 Å². The maximum absolute atomic E-state index is 13.3. The van der Waals surface area contributed by atoms with Crippen LogP contribution in [-0.4, -0.2) is 30.0 Å². The number of nitrogens with zero attached hydrogens (tertiary/aromatic N) is 2. The largest absolute Gasteiger partial charge is 0.457 e. The number of nitro benzene ring substituents is 1. The summed E-state index contributed by atoms with van der Waals surface area (Å²) in [6.45, 7) is 2.42. The molecule has 9 heteroatoms. The number of benzene rings is 4. The quantitative estimate of drug-likeness (QED) is 0.184. The molecule has 0 aliphatic carbocycles. The van der Waals surface area contributed by atoms with Gasteiger partial charge in [-0.15, -0.1) is 0 Å². The number of carbonyl (C=O) groups is 2. The minimum absolute atomic E-state index is 0.0754. The van der Waals surface area contributed by atoms with Gasteiger partial charge < -0.3 is 15.4 Å². The number of nitrogens with one attached hydrogen (secondary N) is 2. The summed E-state index contributed by atoms with van der Waals surface area (Å²) in [5, 5.41) is 16.6. The van der Waals surface area contributed by atoms with E-state index in [1.54, 1.807) is 36.4 Å². The zero-order chi connectivity index (χ0) is 27.6. The molecule has 0 saturated heterocycles. The van der Waals surface area contributed by atoms with Crippen LogP contribution >= 0.6 is 0 Å². The summed E-state index contributed by atoms with van der Waals surface area (Å²) >= 11 is 0. The van der Waals surface area contributed by atoms with E-state index < -0.39 is 11.0 Å². The fourth-order valence-corrected chi connectivity index (χ4v) is 3.80. The summed E-state index contributed by atoms with van der Waals surface area (Å²) in [7, 11) is 0. The van der Waals surface area contributed by atoms with Gasteiger partial charge in [0.1, 0.15) is 11.5 Å². The molecule has 4 rings (SSSR count). The third-order valence-electron chi connectivity index (χ3n) is 5.95. The van der Waals surface area contributed by atoms with Gasteiger partial charge in [0, 0.05) is 42.2 Å². The van der Waals surface area contributed by atoms with Gasteiger partial charge in [0.2, 0.25) is 0 Å². The van der Waals surface area contributed by atoms with Crippen molar-refractivity contribution >= 4 is 29.0 Å². The Hall–Kier alpha value is -5.18. The Morgan fingerprint density at radius 1 is 0.846 bits per heavy atom. The van der Waals surface area contributed by atoms with E-state index in [0.29, 0.717) is 28.4 Å². The fraction of sp³-hybridized carbons (Fsp3) is 0.133. The fourth-order valence-electron chi connectivity index (χ4n) is 3.80. The minimum Gasteiger partial charge on any atom is -0.457 e. The Kier molecular flexibility index (Phi) is 8.87. The highest BCUT2D eigenvalue weighted by molar-refractivity contribution is 6.02. The Labute approximate surface area is 226 Å². The Morgan fingerprint density at radius 2 is 1.49 bits per heavy atom. The summed E-state index contributed by atoms with van der Waals surface area (Å²) in [5.41, 5.74) is 2.58. The maximum atomic E-state index is 13.3. The maximum Gasteiger partial charge on any atom is 0.326 e. The molecule has 2 N–H and O–H groups in total. The van der Waals surface area contributed by atoms with E-state index in [4.69, 9.17) is 4.74 Å². The molecule has 0 atom stereocenters. The number of ether oxygens (including phenoxy) is 1. The molecule has 4 aromatic carbocycles. The smallest absolute Gasteiger partial charge is 0.326 e. The number of hydrogen-bond donors (Lipinski definition) is 2. The second-order valence-corrected chi connectivity index (χ2v) is 8.60. The van der Waals surface area contributed by atoms with E-state index in [2.05, 4.69) is 10.6 Å². The lowest BCUT2D eigenvalue weighted by atomic mass is 10.1. The van der Waals surface area contributed by atoms with E-state index in [1.807, 2.05) is 49.4 Å². The third kappa shape index (κ3) is 7.42. The monoisotopic (exact) mass is 524 g/mol. The molecule has 0 saturated carbocycles. The van der Waals surface area contributed by atoms with Gasteiger partial charge in [-0.2, -0.15) is 0 Å². The zero-order valence-electron chi connectivity index (χ0n) is 21.4. The van der Waals surface area contributed by atoms with Gasteiger partial charge in [-0.1, -0.05) is 37.3 Å². The predicted octanol–water partition coefficient (Wildman–Crippen LogP) is 6.42. The van der Waals surface area contributed by atoms with Gasteiger partial charge in [0.15, 0.2) is 0 Å². The number of anilines is 2. The van der Waals surface area contributed by atoms with Gasteiger partial charge >= 0.3 is 6.03 Å². The molecule has 0 radical (unpaired) electrons. The lowest BCUT2D eigenvalue weighted by Gasteiger charge is -2.24. The standard InChI is InChI=1S/C30H28N4O5/c1-2-22-8-10-23(11-9-22)29(35)31-20-21-33(30(36)32-24-12-14-26(15-13-24)34(37)38)25-16-18-28(19-17-25)39-27-6-4-3-5-7-27/h3-19H,2,20-21H2,1H3,(H,31,35)(H,32,36). The lowest BCUT2D eigenvalue weighted by Crippen LogP contribution is -2.41. The van der Waals surface area contributed by atoms with Crippen LogP contribution < -0.4 is 20.3 Å². The lowest BCUT2D eigenvalue weighted by molar-refractivity contribution is -0.384. The first-order valence-corrected chi connectivity index (χ1v) is 12.5. The summed E-state index contributed by atoms with van der Waals surface area (Å²) < 4.78 is 5.85. The first-order valence-electron chi connectivity index (χ1n) is 12.5. The van der Waals surface area contributed by atoms with E-state index >= 15 is 0 Å². The van der Waals surface area contributed by atoms with Crippen LogP contribution in [0.15, 0.2) is 103 Å². The number of hydrogen-bond acceptors (Lipinski definition) is 5. The molecule has 0 spiro atoms. The van der Waals surface area contributed by atoms with Gasteiger partial charge in [-0.25, -0.2) is 4.79 Å². The first kappa shape index (κ1) is 26.9. The molecule has 0 bridgehead atoms. The molecular weight excluding hydrogens is 496 g/mol. The summed E-state index contributed by atoms with van der Waals surface area (Å²) in [6, 6.07) is 28.8. The van der Waals surface area contributed by atoms with Crippen LogP contribution in [0.5, 0.6) is 11.5 Å². The van der Waals surface area contributed by atoms with Crippen LogP contribution in [0.25, 0.3) is 0 Å². The number of carbonyl (C=O) groups excluding carboxylic acids is 2. The van der Waals surface area contributed by atoms with Crippen LogP contribution in [0.3, 0.4) is 0 Å². The predicted molar refractivity (Wildman–Crippen MR) is 151 cm³/mol. The number of non-ortho nitro benzene ring substituents is 1. The average Bonchev–Trinajstić information content (AvgIpc) is 2.96. The van der Waals surface area contributed by atoms with Gasteiger partial charge in [-0.3, -0.25) is 19.8 Å². The summed E-state index contributed by atoms with van der Waals surface area (Å²) in [4.78, 5) is 37.8. The number of amides is 3. The zero-order valence-corrected chi connectivity index (χ0v) is 21.4. The van der Waals surface area contributed by atoms with Crippen molar-refractivity contribution in [2.45, 2.75) is 13.3 Å². The summed E-state index contributed by atoms with van der Waals surface area (Å²) in [5.74, 6) is 1.05. The Morgan fingerprint density at radius 3 is 2.10 bits per heavy atom. The molecule has 0 fully saturated rings. The van der Waals surface area contributed by atoms with Crippen molar-refractivity contribution in [2.75, 3.05) is 23.3 Å². The van der Waals surface area contributed by atoms with Gasteiger partial charge in [0.05, 0.1) is 4.92 Å². The molecule has 0 unspecified atom stereocenters. The molecular formula is C30H28N4O5. The van der Waals surface area contributed by atoms with Crippen LogP contribution in [0.2, 0.25) is 0 Å². The second kappa shape index (κ2) is 12.9. The Bertz CT molecular complexity index is 1410. The van der Waals surface area contributed by atoms with Crippen molar-refractivity contribution in [3.05, 3.63) is 124 Å². The van der Waals surface area contributed by atoms with Crippen LogP contribution in [0, 0.1) is 10.1 Å². The van der Waals surface area contributed by atoms with Gasteiger partial charge in [-0.05, 0) is 72.6 Å². The van der Waals surface area contributed by atoms with Crippen molar-refractivity contribution in [1.29, 1.82) is 0 Å². The number of aryl methyl sites for hydroxylation is 1. The van der Waals surface area contributed by atoms with E-state index in [-0.39, 0.29) is 24.7 Å². The highest BCUT2D eigenvalue weighted by Crippen LogP contribution is 2.25. The summed E-state index contributed by atoms with van der Waals surface area (Å²) in [6.07, 6.45) is 0.885. The molecule has 0 heterocycles. The van der Waals surface area contributed by atoms with Crippen molar-refractivity contribution in [1.82, 2.24) is 5.32 Å².